The number of hydrogen-bond acceptors (Lipinski definition) is 6. The van der Waals surface area contributed by atoms with Crippen molar-refractivity contribution in [3.05, 3.63) is 72.0 Å². The Bertz CT molecular complexity index is 1230. The van der Waals surface area contributed by atoms with Crippen molar-refractivity contribution in [1.29, 1.82) is 0 Å². The second-order valence-corrected chi connectivity index (χ2v) is 6.69. The first-order valence-electron chi connectivity index (χ1n) is 8.57. The van der Waals surface area contributed by atoms with E-state index in [4.69, 9.17) is 10.3 Å². The van der Waals surface area contributed by atoms with E-state index in [1.165, 1.54) is 17.1 Å². The van der Waals surface area contributed by atoms with Crippen LogP contribution in [-0.4, -0.2) is 21.1 Å². The van der Waals surface area contributed by atoms with Crippen LogP contribution in [0.4, 0.5) is 5.69 Å². The summed E-state index contributed by atoms with van der Waals surface area (Å²) < 4.78 is 6.08. The topological polar surface area (TPSA) is 95.2 Å². The predicted octanol–water partition coefficient (Wildman–Crippen LogP) is 3.72. The fraction of sp³-hybridized carbons (Fsp3) is 0.0952. The number of aromatic hydroxyl groups is 1. The van der Waals surface area contributed by atoms with Gasteiger partial charge < -0.3 is 14.6 Å². The lowest BCUT2D eigenvalue weighted by molar-refractivity contribution is -0.0573. The lowest BCUT2D eigenvalue weighted by atomic mass is 9.95. The molecule has 4 aromatic rings. The van der Waals surface area contributed by atoms with Crippen molar-refractivity contribution in [1.82, 2.24) is 5.01 Å². The second-order valence-electron chi connectivity index (χ2n) is 6.69. The van der Waals surface area contributed by atoms with Crippen LogP contribution in [0.2, 0.25) is 0 Å². The van der Waals surface area contributed by atoms with Crippen LogP contribution in [0.25, 0.3) is 21.7 Å². The highest BCUT2D eigenvalue weighted by atomic mass is 16.4. The molecule has 3 aromatic carbocycles. The molecule has 6 heteroatoms. The van der Waals surface area contributed by atoms with Gasteiger partial charge in [-0.2, -0.15) is 0 Å². The van der Waals surface area contributed by atoms with Gasteiger partial charge in [0.2, 0.25) is 5.72 Å². The van der Waals surface area contributed by atoms with E-state index in [0.717, 1.165) is 16.2 Å². The third-order valence-electron chi connectivity index (χ3n) is 5.11. The zero-order valence-corrected chi connectivity index (χ0v) is 14.5. The highest BCUT2D eigenvalue weighted by Crippen LogP contribution is 2.48. The van der Waals surface area contributed by atoms with E-state index in [2.05, 4.69) is 4.99 Å². The van der Waals surface area contributed by atoms with Gasteiger partial charge in [0.1, 0.15) is 22.9 Å². The summed E-state index contributed by atoms with van der Waals surface area (Å²) in [4.78, 5) is 4.62. The molecule has 0 amide bonds. The number of fused-ring (bicyclic) bond motifs is 5. The highest BCUT2D eigenvalue weighted by Gasteiger charge is 2.47. The summed E-state index contributed by atoms with van der Waals surface area (Å²) in [6.07, 6.45) is 0. The Labute approximate surface area is 154 Å². The molecule has 0 fully saturated rings. The van der Waals surface area contributed by atoms with Gasteiger partial charge in [-0.05, 0) is 35.9 Å². The molecular weight excluding hydrogens is 342 g/mol. The van der Waals surface area contributed by atoms with E-state index in [0.29, 0.717) is 22.7 Å². The summed E-state index contributed by atoms with van der Waals surface area (Å²) in [5, 5.41) is 25.3. The first-order chi connectivity index (χ1) is 13.0. The predicted molar refractivity (Wildman–Crippen MR) is 104 cm³/mol. The van der Waals surface area contributed by atoms with E-state index >= 15 is 0 Å². The van der Waals surface area contributed by atoms with Crippen molar-refractivity contribution < 1.29 is 14.6 Å². The molecular formula is C21H17N3O3. The molecule has 0 spiro atoms. The molecule has 1 aliphatic heterocycles. The Morgan fingerprint density at radius 1 is 1.04 bits per heavy atom. The Hall–Kier alpha value is -3.35. The average Bonchev–Trinajstić information content (AvgIpc) is 3.06. The van der Waals surface area contributed by atoms with Gasteiger partial charge in [-0.3, -0.25) is 5.01 Å². The van der Waals surface area contributed by atoms with Crippen LogP contribution in [-0.2, 0) is 5.72 Å². The van der Waals surface area contributed by atoms with E-state index in [1.807, 2.05) is 36.4 Å². The van der Waals surface area contributed by atoms with Gasteiger partial charge in [0, 0.05) is 5.56 Å². The van der Waals surface area contributed by atoms with Crippen LogP contribution in [0.5, 0.6) is 5.75 Å². The molecule has 6 nitrogen and oxygen atoms in total. The van der Waals surface area contributed by atoms with Crippen molar-refractivity contribution in [2.24, 2.45) is 10.8 Å². The van der Waals surface area contributed by atoms with Gasteiger partial charge in [0.05, 0.1) is 5.39 Å². The summed E-state index contributed by atoms with van der Waals surface area (Å²) in [6, 6.07) is 18.0. The van der Waals surface area contributed by atoms with Crippen molar-refractivity contribution in [2.75, 3.05) is 0 Å². The van der Waals surface area contributed by atoms with Crippen LogP contribution in [0, 0.1) is 0 Å². The summed E-state index contributed by atoms with van der Waals surface area (Å²) in [6.45, 7) is 1.73. The molecule has 5 rings (SSSR count). The van der Waals surface area contributed by atoms with Gasteiger partial charge in [-0.25, -0.2) is 10.8 Å². The number of hydrogen-bond donors (Lipinski definition) is 3. The summed E-state index contributed by atoms with van der Waals surface area (Å²) >= 11 is 0. The molecule has 1 aliphatic rings. The van der Waals surface area contributed by atoms with E-state index in [1.54, 1.807) is 19.1 Å². The number of aliphatic imine (C=N–C) groups is 1. The number of phenolic OH excluding ortho intramolecular Hbond substituents is 1. The average molecular weight is 359 g/mol. The molecule has 1 unspecified atom stereocenters. The number of benzene rings is 3. The van der Waals surface area contributed by atoms with Crippen LogP contribution < -0.4 is 5.84 Å². The third-order valence-corrected chi connectivity index (χ3v) is 5.11. The van der Waals surface area contributed by atoms with Gasteiger partial charge in [0.15, 0.2) is 5.76 Å². The van der Waals surface area contributed by atoms with Gasteiger partial charge in [-0.1, -0.05) is 42.5 Å². The van der Waals surface area contributed by atoms with E-state index in [9.17, 15) is 10.2 Å². The zero-order chi connectivity index (χ0) is 18.8. The minimum Gasteiger partial charge on any atom is -0.508 e. The Morgan fingerprint density at radius 2 is 1.78 bits per heavy atom. The standard InChI is InChI=1S/C21H17N3O3/c1-12-23-19-18-16-5-3-2-4-13(16)6-11-17(18)27-20(19)21(26,24(12)22)14-7-9-15(25)10-8-14/h2-11,25-26H,22H2,1H3. The number of hydrazine groups is 1. The summed E-state index contributed by atoms with van der Waals surface area (Å²) in [5.41, 5.74) is -0.0735. The Kier molecular flexibility index (Phi) is 3.13. The first-order valence-corrected chi connectivity index (χ1v) is 8.57. The molecule has 4 N–H and O–H groups in total. The summed E-state index contributed by atoms with van der Waals surface area (Å²) in [7, 11) is 0. The molecule has 1 atom stereocenters. The molecule has 2 heterocycles. The van der Waals surface area contributed by atoms with Crippen molar-refractivity contribution >= 4 is 33.3 Å². The lowest BCUT2D eigenvalue weighted by Gasteiger charge is -2.38. The molecule has 0 aliphatic carbocycles. The maximum absolute atomic E-state index is 11.6. The molecule has 0 radical (unpaired) electrons. The minimum atomic E-state index is -1.74. The number of furan rings is 1. The third kappa shape index (κ3) is 2.05. The number of phenols is 1. The van der Waals surface area contributed by atoms with Crippen LogP contribution in [0.15, 0.2) is 70.1 Å². The number of aliphatic hydroxyl groups is 1. The van der Waals surface area contributed by atoms with Crippen LogP contribution in [0.3, 0.4) is 0 Å². The molecule has 1 aromatic heterocycles. The van der Waals surface area contributed by atoms with Crippen LogP contribution >= 0.6 is 0 Å². The first kappa shape index (κ1) is 15.9. The molecule has 0 bridgehead atoms. The normalized spacial score (nSPS) is 19.4. The number of nitrogens with two attached hydrogens (primary N) is 1. The SMILES string of the molecule is CC1=Nc2c(oc3ccc4ccccc4c23)C(O)(c2ccc(O)cc2)N1N. The highest BCUT2D eigenvalue weighted by molar-refractivity contribution is 6.13. The van der Waals surface area contributed by atoms with E-state index in [-0.39, 0.29) is 11.5 Å². The van der Waals surface area contributed by atoms with Gasteiger partial charge in [0.25, 0.3) is 0 Å². The summed E-state index contributed by atoms with van der Waals surface area (Å²) in [5.74, 6) is 7.02. The number of nitrogens with zero attached hydrogens (tertiary/aromatic N) is 2. The molecule has 27 heavy (non-hydrogen) atoms. The zero-order valence-electron chi connectivity index (χ0n) is 14.5. The quantitative estimate of drug-likeness (QED) is 0.450. The number of amidine groups is 1. The van der Waals surface area contributed by atoms with Gasteiger partial charge >= 0.3 is 0 Å². The van der Waals surface area contributed by atoms with Crippen molar-refractivity contribution in [2.45, 2.75) is 12.6 Å². The maximum Gasteiger partial charge on any atom is 0.241 e. The second kappa shape index (κ2) is 5.33. The van der Waals surface area contributed by atoms with Crippen LogP contribution in [0.1, 0.15) is 18.2 Å². The smallest absolute Gasteiger partial charge is 0.241 e. The minimum absolute atomic E-state index is 0.0999. The van der Waals surface area contributed by atoms with Gasteiger partial charge in [-0.15, -0.1) is 0 Å². The molecule has 0 saturated carbocycles. The Balaban J connectivity index is 1.89. The van der Waals surface area contributed by atoms with Crippen molar-refractivity contribution in [3.63, 3.8) is 0 Å². The fourth-order valence-corrected chi connectivity index (χ4v) is 3.72. The van der Waals surface area contributed by atoms with E-state index < -0.39 is 5.72 Å². The number of rotatable bonds is 1. The molecule has 134 valence electrons. The largest absolute Gasteiger partial charge is 0.508 e. The Morgan fingerprint density at radius 3 is 2.56 bits per heavy atom. The fourth-order valence-electron chi connectivity index (χ4n) is 3.72. The monoisotopic (exact) mass is 359 g/mol. The maximum atomic E-state index is 11.6. The van der Waals surface area contributed by atoms with Crippen molar-refractivity contribution in [3.8, 4) is 5.75 Å². The lowest BCUT2D eigenvalue weighted by Crippen LogP contribution is -2.55. The molecule has 0 saturated heterocycles.